The second kappa shape index (κ2) is 5.69. The molecule has 1 aromatic carbocycles. The minimum Gasteiger partial charge on any atom is -0.423 e. The molecule has 0 fully saturated rings. The van der Waals surface area contributed by atoms with Gasteiger partial charge in [0.25, 0.3) is 0 Å². The second-order valence-corrected chi connectivity index (χ2v) is 6.52. The Hall–Kier alpha value is -2.14. The molecule has 108 valence electrons. The minimum absolute atomic E-state index is 0.282. The lowest BCUT2D eigenvalue weighted by molar-refractivity contribution is 0.568. The van der Waals surface area contributed by atoms with Crippen molar-refractivity contribution < 1.29 is 4.42 Å². The quantitative estimate of drug-likeness (QED) is 0.765. The fraction of sp³-hybridized carbons (Fsp3) is 0.250. The highest BCUT2D eigenvalue weighted by molar-refractivity contribution is 7.12. The van der Waals surface area contributed by atoms with Gasteiger partial charge in [-0.2, -0.15) is 0 Å². The average Bonchev–Trinajstić information content (AvgIpc) is 3.09. The Morgan fingerprint density at radius 2 is 1.95 bits per heavy atom. The fourth-order valence-electron chi connectivity index (χ4n) is 2.42. The lowest BCUT2D eigenvalue weighted by atomic mass is 10.1. The number of aryl methyl sites for hydroxylation is 2. The van der Waals surface area contributed by atoms with Crippen LogP contribution in [0.25, 0.3) is 11.5 Å². The van der Waals surface area contributed by atoms with E-state index in [1.54, 1.807) is 0 Å². The smallest absolute Gasteiger partial charge is 0.247 e. The first-order valence-electron chi connectivity index (χ1n) is 6.83. The zero-order valence-corrected chi connectivity index (χ0v) is 13.1. The molecule has 21 heavy (non-hydrogen) atoms. The highest BCUT2D eigenvalue weighted by Gasteiger charge is 2.11. The fourth-order valence-corrected chi connectivity index (χ4v) is 3.44. The molecule has 3 aromatic rings. The number of benzene rings is 1. The van der Waals surface area contributed by atoms with Crippen LogP contribution < -0.4 is 5.32 Å². The van der Waals surface area contributed by atoms with E-state index in [4.69, 9.17) is 4.42 Å². The first-order chi connectivity index (χ1) is 10.1. The van der Waals surface area contributed by atoms with Gasteiger partial charge in [-0.25, -0.2) is 0 Å². The maximum Gasteiger partial charge on any atom is 0.247 e. The SMILES string of the molecule is Cc1cc(C(C)Nc2ccc(-c3nnco3)cc2)c(C)s1. The Labute approximate surface area is 127 Å². The molecular formula is C16H17N3OS. The van der Waals surface area contributed by atoms with Crippen molar-refractivity contribution in [3.05, 3.63) is 52.0 Å². The number of thiophene rings is 1. The Morgan fingerprint density at radius 1 is 1.19 bits per heavy atom. The molecule has 0 spiro atoms. The van der Waals surface area contributed by atoms with Gasteiger partial charge in [-0.05, 0) is 56.7 Å². The molecule has 0 saturated heterocycles. The van der Waals surface area contributed by atoms with E-state index in [1.165, 1.54) is 21.7 Å². The molecule has 0 aliphatic carbocycles. The van der Waals surface area contributed by atoms with Crippen LogP contribution in [0.2, 0.25) is 0 Å². The highest BCUT2D eigenvalue weighted by Crippen LogP contribution is 2.29. The van der Waals surface area contributed by atoms with Crippen LogP contribution in [0.4, 0.5) is 5.69 Å². The Morgan fingerprint density at radius 3 is 2.52 bits per heavy atom. The normalized spacial score (nSPS) is 12.3. The third kappa shape index (κ3) is 2.97. The van der Waals surface area contributed by atoms with Crippen molar-refractivity contribution in [3.8, 4) is 11.5 Å². The first kappa shape index (κ1) is 13.8. The van der Waals surface area contributed by atoms with Gasteiger partial charge < -0.3 is 9.73 Å². The second-order valence-electron chi connectivity index (χ2n) is 5.06. The van der Waals surface area contributed by atoms with Crippen LogP contribution in [0.15, 0.2) is 41.1 Å². The van der Waals surface area contributed by atoms with Crippen LogP contribution in [0.1, 0.15) is 28.3 Å². The molecule has 0 aliphatic rings. The van der Waals surface area contributed by atoms with E-state index in [0.29, 0.717) is 5.89 Å². The molecule has 4 nitrogen and oxygen atoms in total. The van der Waals surface area contributed by atoms with Crippen LogP contribution >= 0.6 is 11.3 Å². The molecule has 0 aliphatic heterocycles. The third-order valence-corrected chi connectivity index (χ3v) is 4.40. The maximum atomic E-state index is 5.19. The summed E-state index contributed by atoms with van der Waals surface area (Å²) in [6.45, 7) is 6.50. The predicted octanol–water partition coefficient (Wildman–Crippen LogP) is 4.59. The number of nitrogens with zero attached hydrogens (tertiary/aromatic N) is 2. The lowest BCUT2D eigenvalue weighted by Crippen LogP contribution is -2.06. The molecule has 0 saturated carbocycles. The average molecular weight is 299 g/mol. The van der Waals surface area contributed by atoms with E-state index < -0.39 is 0 Å². The van der Waals surface area contributed by atoms with E-state index >= 15 is 0 Å². The number of nitrogens with one attached hydrogen (secondary N) is 1. The number of rotatable bonds is 4. The predicted molar refractivity (Wildman–Crippen MR) is 85.6 cm³/mol. The molecule has 1 N–H and O–H groups in total. The minimum atomic E-state index is 0.282. The molecule has 2 aromatic heterocycles. The number of aromatic nitrogens is 2. The summed E-state index contributed by atoms with van der Waals surface area (Å²) in [6.07, 6.45) is 1.34. The lowest BCUT2D eigenvalue weighted by Gasteiger charge is -2.15. The van der Waals surface area contributed by atoms with Gasteiger partial charge in [0.05, 0.1) is 0 Å². The van der Waals surface area contributed by atoms with Crippen molar-refractivity contribution in [2.75, 3.05) is 5.32 Å². The van der Waals surface area contributed by atoms with Crippen molar-refractivity contribution in [2.24, 2.45) is 0 Å². The molecule has 5 heteroatoms. The molecule has 3 rings (SSSR count). The number of anilines is 1. The summed E-state index contributed by atoms with van der Waals surface area (Å²) in [5.41, 5.74) is 3.36. The molecule has 1 atom stereocenters. The van der Waals surface area contributed by atoms with E-state index in [2.05, 4.69) is 42.4 Å². The Bertz CT molecular complexity index is 717. The van der Waals surface area contributed by atoms with Crippen LogP contribution in [-0.4, -0.2) is 10.2 Å². The summed E-state index contributed by atoms with van der Waals surface area (Å²) in [7, 11) is 0. The summed E-state index contributed by atoms with van der Waals surface area (Å²) in [4.78, 5) is 2.72. The summed E-state index contributed by atoms with van der Waals surface area (Å²) in [5.74, 6) is 0.541. The van der Waals surface area contributed by atoms with Crippen LogP contribution in [0.5, 0.6) is 0 Å². The van der Waals surface area contributed by atoms with Crippen LogP contribution in [0.3, 0.4) is 0 Å². The van der Waals surface area contributed by atoms with Gasteiger partial charge in [0.15, 0.2) is 0 Å². The molecule has 0 bridgehead atoms. The van der Waals surface area contributed by atoms with E-state index in [-0.39, 0.29) is 6.04 Å². The van der Waals surface area contributed by atoms with Gasteiger partial charge >= 0.3 is 0 Å². The standard InChI is InChI=1S/C16H17N3OS/c1-10-8-15(12(3)21-10)11(2)18-14-6-4-13(5-7-14)16-19-17-9-20-16/h4-9,11,18H,1-3H3. The number of hydrogen-bond acceptors (Lipinski definition) is 5. The van der Waals surface area contributed by atoms with Gasteiger partial charge in [-0.3, -0.25) is 0 Å². The summed E-state index contributed by atoms with van der Waals surface area (Å²) >= 11 is 1.84. The van der Waals surface area contributed by atoms with Gasteiger partial charge in [0.1, 0.15) is 0 Å². The van der Waals surface area contributed by atoms with E-state index in [1.807, 2.05) is 35.6 Å². The van der Waals surface area contributed by atoms with Gasteiger partial charge in [0.2, 0.25) is 12.3 Å². The molecule has 2 heterocycles. The summed E-state index contributed by atoms with van der Waals surface area (Å²) < 4.78 is 5.19. The topological polar surface area (TPSA) is 51.0 Å². The van der Waals surface area contributed by atoms with Crippen LogP contribution in [-0.2, 0) is 0 Å². The van der Waals surface area contributed by atoms with Crippen molar-refractivity contribution >= 4 is 17.0 Å². The zero-order valence-electron chi connectivity index (χ0n) is 12.3. The van der Waals surface area contributed by atoms with Gasteiger partial charge in [-0.15, -0.1) is 21.5 Å². The third-order valence-electron chi connectivity index (χ3n) is 3.42. The zero-order chi connectivity index (χ0) is 14.8. The largest absolute Gasteiger partial charge is 0.423 e. The maximum absolute atomic E-state index is 5.19. The molecular weight excluding hydrogens is 282 g/mol. The van der Waals surface area contributed by atoms with Crippen molar-refractivity contribution in [1.82, 2.24) is 10.2 Å². The summed E-state index contributed by atoms with van der Waals surface area (Å²) in [5, 5.41) is 11.1. The Balaban J connectivity index is 1.74. The van der Waals surface area contributed by atoms with Gasteiger partial charge in [0, 0.05) is 27.0 Å². The van der Waals surface area contributed by atoms with Crippen molar-refractivity contribution in [3.63, 3.8) is 0 Å². The highest BCUT2D eigenvalue weighted by atomic mass is 32.1. The molecule has 0 radical (unpaired) electrons. The summed E-state index contributed by atoms with van der Waals surface area (Å²) in [6, 6.07) is 10.6. The van der Waals surface area contributed by atoms with Crippen molar-refractivity contribution in [1.29, 1.82) is 0 Å². The van der Waals surface area contributed by atoms with Crippen molar-refractivity contribution in [2.45, 2.75) is 26.8 Å². The number of hydrogen-bond donors (Lipinski definition) is 1. The van der Waals surface area contributed by atoms with Gasteiger partial charge in [-0.1, -0.05) is 0 Å². The van der Waals surface area contributed by atoms with E-state index in [0.717, 1.165) is 11.3 Å². The molecule has 1 unspecified atom stereocenters. The monoisotopic (exact) mass is 299 g/mol. The van der Waals surface area contributed by atoms with E-state index in [9.17, 15) is 0 Å². The first-order valence-corrected chi connectivity index (χ1v) is 7.65. The molecule has 0 amide bonds. The van der Waals surface area contributed by atoms with Crippen LogP contribution in [0, 0.1) is 13.8 Å². The Kier molecular flexibility index (Phi) is 3.75.